The van der Waals surface area contributed by atoms with Gasteiger partial charge in [0, 0.05) is 29.2 Å². The topological polar surface area (TPSA) is 86.8 Å². The summed E-state index contributed by atoms with van der Waals surface area (Å²) in [6, 6.07) is 13.9. The van der Waals surface area contributed by atoms with E-state index < -0.39 is 23.8 Å². The Morgan fingerprint density at radius 2 is 1.94 bits per heavy atom. The number of carbonyl (C=O) groups is 2. The van der Waals surface area contributed by atoms with Crippen LogP contribution in [-0.2, 0) is 16.0 Å². The molecule has 3 aromatic rings. The van der Waals surface area contributed by atoms with Gasteiger partial charge in [-0.15, -0.1) is 0 Å². The van der Waals surface area contributed by atoms with E-state index >= 15 is 0 Å². The first-order valence-electron chi connectivity index (χ1n) is 10.7. The minimum absolute atomic E-state index is 0.0736. The van der Waals surface area contributed by atoms with Crippen molar-refractivity contribution in [2.24, 2.45) is 4.99 Å². The molecule has 2 amide bonds. The zero-order valence-corrected chi connectivity index (χ0v) is 18.6. The van der Waals surface area contributed by atoms with E-state index in [0.717, 1.165) is 26.9 Å². The van der Waals surface area contributed by atoms with Gasteiger partial charge in [-0.2, -0.15) is 13.2 Å². The average molecular weight is 472 g/mol. The molecule has 34 heavy (non-hydrogen) atoms. The van der Waals surface area contributed by atoms with E-state index in [1.807, 2.05) is 25.1 Å². The lowest BCUT2D eigenvalue weighted by molar-refractivity contribution is -0.196. The number of aromatic amines is 1. The number of ether oxygens (including phenoxy) is 1. The first-order chi connectivity index (χ1) is 16.2. The Balaban J connectivity index is 1.73. The number of carbonyl (C=O) groups excluding carboxylic acids is 2. The number of fused-ring (bicyclic) bond motifs is 1. The van der Waals surface area contributed by atoms with Crippen LogP contribution in [-0.4, -0.2) is 52.7 Å². The van der Waals surface area contributed by atoms with Gasteiger partial charge in [0.1, 0.15) is 5.84 Å². The number of halogens is 3. The van der Waals surface area contributed by atoms with Gasteiger partial charge >= 0.3 is 17.9 Å². The van der Waals surface area contributed by atoms with Gasteiger partial charge in [-0.3, -0.25) is 15.0 Å². The lowest BCUT2D eigenvalue weighted by Gasteiger charge is -2.28. The van der Waals surface area contributed by atoms with E-state index in [1.165, 1.54) is 6.92 Å². The highest BCUT2D eigenvalue weighted by Gasteiger charge is 2.67. The molecule has 4 rings (SSSR count). The Kier molecular flexibility index (Phi) is 6.07. The number of H-pyrrole nitrogens is 1. The fourth-order valence-corrected chi connectivity index (χ4v) is 3.96. The van der Waals surface area contributed by atoms with Crippen LogP contribution in [0.3, 0.4) is 0 Å². The monoisotopic (exact) mass is 472 g/mol. The number of aromatic nitrogens is 1. The smallest absolute Gasteiger partial charge is 0.442 e. The molecule has 1 unspecified atom stereocenters. The van der Waals surface area contributed by atoms with Crippen LogP contribution < -0.4 is 5.32 Å². The molecule has 1 aromatic heterocycles. The zero-order valence-electron chi connectivity index (χ0n) is 18.6. The normalized spacial score (nSPS) is 18.3. The predicted octanol–water partition coefficient (Wildman–Crippen LogP) is 4.31. The summed E-state index contributed by atoms with van der Waals surface area (Å²) in [5.74, 6) is -1.56. The minimum atomic E-state index is -5.19. The molecule has 0 radical (unpaired) electrons. The van der Waals surface area contributed by atoms with Crippen molar-refractivity contribution in [3.8, 4) is 0 Å². The molecule has 2 heterocycles. The van der Waals surface area contributed by atoms with Gasteiger partial charge in [-0.25, -0.2) is 9.79 Å². The summed E-state index contributed by atoms with van der Waals surface area (Å²) < 4.78 is 47.4. The summed E-state index contributed by atoms with van der Waals surface area (Å²) >= 11 is 0. The number of alkyl halides is 3. The van der Waals surface area contributed by atoms with E-state index in [0.29, 0.717) is 5.56 Å². The number of amides is 2. The van der Waals surface area contributed by atoms with Crippen molar-refractivity contribution in [2.45, 2.75) is 32.1 Å². The predicted molar refractivity (Wildman–Crippen MR) is 120 cm³/mol. The van der Waals surface area contributed by atoms with Crippen LogP contribution in [0.4, 0.5) is 18.0 Å². The number of rotatable bonds is 6. The number of amidine groups is 1. The molecule has 7 nitrogen and oxygen atoms in total. The van der Waals surface area contributed by atoms with E-state index in [4.69, 9.17) is 0 Å². The third-order valence-electron chi connectivity index (χ3n) is 5.61. The molecular weight excluding hydrogens is 449 g/mol. The van der Waals surface area contributed by atoms with Crippen LogP contribution >= 0.6 is 0 Å². The van der Waals surface area contributed by atoms with Crippen molar-refractivity contribution in [3.63, 3.8) is 0 Å². The molecule has 0 fully saturated rings. The van der Waals surface area contributed by atoms with Crippen molar-refractivity contribution < 1.29 is 27.5 Å². The van der Waals surface area contributed by atoms with Crippen molar-refractivity contribution in [1.29, 1.82) is 0 Å². The number of alkyl carbamates (subject to hydrolysis) is 1. The van der Waals surface area contributed by atoms with Crippen molar-refractivity contribution in [1.82, 2.24) is 15.2 Å². The highest BCUT2D eigenvalue weighted by Crippen LogP contribution is 2.38. The quantitative estimate of drug-likeness (QED) is 0.561. The summed E-state index contributed by atoms with van der Waals surface area (Å²) in [6.07, 6.45) is -4.52. The van der Waals surface area contributed by atoms with Crippen molar-refractivity contribution in [3.05, 3.63) is 71.4 Å². The van der Waals surface area contributed by atoms with Gasteiger partial charge in [0.2, 0.25) is 0 Å². The fraction of sp³-hybridized carbons (Fsp3) is 0.292. The Morgan fingerprint density at radius 1 is 1.21 bits per heavy atom. The maximum atomic E-state index is 14.3. The second kappa shape index (κ2) is 8.85. The summed E-state index contributed by atoms with van der Waals surface area (Å²) in [7, 11) is 0. The Hall–Kier alpha value is -3.82. The van der Waals surface area contributed by atoms with Crippen LogP contribution in [0.2, 0.25) is 0 Å². The van der Waals surface area contributed by atoms with Gasteiger partial charge in [0.15, 0.2) is 0 Å². The molecular formula is C24H23F3N4O3. The molecule has 0 aliphatic carbocycles. The van der Waals surface area contributed by atoms with Gasteiger partial charge in [-0.1, -0.05) is 42.0 Å². The molecule has 0 saturated carbocycles. The number of aryl methyl sites for hydroxylation is 1. The van der Waals surface area contributed by atoms with Gasteiger partial charge < -0.3 is 9.72 Å². The standard InChI is InChI=1S/C24H23F3N4O3/c1-3-34-22(33)30-23(24(25,26)27)21(32)31(20(29-23)16-7-5-4-6-8-16)12-11-17-14-28-19-10-9-15(2)13-18(17)19/h4-10,13-14,28H,3,11-12H2,1-2H3,(H,30,33). The fourth-order valence-electron chi connectivity index (χ4n) is 3.96. The Labute approximate surface area is 193 Å². The van der Waals surface area contributed by atoms with Crippen molar-refractivity contribution in [2.75, 3.05) is 13.2 Å². The van der Waals surface area contributed by atoms with Crippen LogP contribution in [0.15, 0.2) is 59.7 Å². The second-order valence-corrected chi connectivity index (χ2v) is 7.92. The molecule has 1 aliphatic rings. The number of nitrogens with one attached hydrogen (secondary N) is 2. The summed E-state index contributed by atoms with van der Waals surface area (Å²) in [5.41, 5.74) is -0.378. The molecule has 0 bridgehead atoms. The molecule has 2 N–H and O–H groups in total. The minimum Gasteiger partial charge on any atom is -0.450 e. The molecule has 2 aromatic carbocycles. The molecule has 10 heteroatoms. The Bertz CT molecular complexity index is 1250. The van der Waals surface area contributed by atoms with Crippen LogP contribution in [0.1, 0.15) is 23.6 Å². The second-order valence-electron chi connectivity index (χ2n) is 7.92. The SMILES string of the molecule is CCOC(=O)NC1(C(F)(F)F)N=C(c2ccccc2)N(CCc2c[nH]c3ccc(C)cc23)C1=O. The maximum absolute atomic E-state index is 14.3. The summed E-state index contributed by atoms with van der Waals surface area (Å²) in [6.45, 7) is 3.16. The zero-order chi connectivity index (χ0) is 24.5. The number of benzene rings is 2. The highest BCUT2D eigenvalue weighted by molar-refractivity contribution is 6.16. The largest absolute Gasteiger partial charge is 0.450 e. The summed E-state index contributed by atoms with van der Waals surface area (Å²) in [5, 5.41) is 2.60. The van der Waals surface area contributed by atoms with Gasteiger partial charge in [0.25, 0.3) is 5.91 Å². The maximum Gasteiger partial charge on any atom is 0.442 e. The lowest BCUT2D eigenvalue weighted by atomic mass is 10.1. The Morgan fingerprint density at radius 3 is 2.62 bits per heavy atom. The van der Waals surface area contributed by atoms with Crippen molar-refractivity contribution >= 4 is 28.7 Å². The molecule has 178 valence electrons. The van der Waals surface area contributed by atoms with E-state index in [1.54, 1.807) is 41.8 Å². The first kappa shape index (κ1) is 23.3. The summed E-state index contributed by atoms with van der Waals surface area (Å²) in [4.78, 5) is 33.2. The first-order valence-corrected chi connectivity index (χ1v) is 10.7. The van der Waals surface area contributed by atoms with Crippen LogP contribution in [0.25, 0.3) is 10.9 Å². The molecule has 0 spiro atoms. The number of hydrogen-bond donors (Lipinski definition) is 2. The molecule has 0 saturated heterocycles. The number of nitrogens with zero attached hydrogens (tertiary/aromatic N) is 2. The third kappa shape index (κ3) is 4.11. The van der Waals surface area contributed by atoms with E-state index in [9.17, 15) is 22.8 Å². The molecule has 1 atom stereocenters. The van der Waals surface area contributed by atoms with Gasteiger partial charge in [0.05, 0.1) is 6.61 Å². The highest BCUT2D eigenvalue weighted by atomic mass is 19.4. The van der Waals surface area contributed by atoms with E-state index in [-0.39, 0.29) is 25.4 Å². The number of aliphatic imine (C=N–C) groups is 1. The molecule has 1 aliphatic heterocycles. The van der Waals surface area contributed by atoms with Gasteiger partial charge in [-0.05, 0) is 38.0 Å². The lowest BCUT2D eigenvalue weighted by Crippen LogP contribution is -2.63. The van der Waals surface area contributed by atoms with Crippen LogP contribution in [0, 0.1) is 6.92 Å². The van der Waals surface area contributed by atoms with Crippen LogP contribution in [0.5, 0.6) is 0 Å². The third-order valence-corrected chi connectivity index (χ3v) is 5.61. The van der Waals surface area contributed by atoms with E-state index in [2.05, 4.69) is 14.7 Å². The number of hydrogen-bond acceptors (Lipinski definition) is 4. The average Bonchev–Trinajstić information content (AvgIpc) is 3.31.